The number of amides is 1. The van der Waals surface area contributed by atoms with Crippen molar-refractivity contribution in [1.82, 2.24) is 9.97 Å². The fourth-order valence-corrected chi connectivity index (χ4v) is 2.50. The van der Waals surface area contributed by atoms with Crippen molar-refractivity contribution in [3.05, 3.63) is 65.7 Å². The molecule has 3 rings (SSSR count). The summed E-state index contributed by atoms with van der Waals surface area (Å²) in [6, 6.07) is 15.0. The fourth-order valence-electron chi connectivity index (χ4n) is 2.50. The number of carbonyl (C=O) groups is 1. The van der Waals surface area contributed by atoms with Crippen molar-refractivity contribution < 1.29 is 15.0 Å². The number of anilines is 1. The van der Waals surface area contributed by atoms with Gasteiger partial charge in [0.1, 0.15) is 11.6 Å². The first-order chi connectivity index (χ1) is 12.5. The number of phenols is 1. The predicted molar refractivity (Wildman–Crippen MR) is 98.0 cm³/mol. The molecule has 0 radical (unpaired) electrons. The third-order valence-corrected chi connectivity index (χ3v) is 3.81. The highest BCUT2D eigenvalue weighted by Gasteiger charge is 2.08. The van der Waals surface area contributed by atoms with Crippen LogP contribution in [0.5, 0.6) is 11.8 Å². The molecule has 0 spiro atoms. The lowest BCUT2D eigenvalue weighted by atomic mass is 10.1. The molecule has 26 heavy (non-hydrogen) atoms. The van der Waals surface area contributed by atoms with Crippen molar-refractivity contribution in [2.75, 3.05) is 11.9 Å². The van der Waals surface area contributed by atoms with Crippen LogP contribution >= 0.6 is 0 Å². The van der Waals surface area contributed by atoms with E-state index in [1.54, 1.807) is 42.5 Å². The SMILES string of the molecule is NC(=O)c1cccc(-c2cc(NCCc3ccc(O)cc3)nc(O)n2)c1. The molecule has 7 heteroatoms. The van der Waals surface area contributed by atoms with Crippen LogP contribution in [-0.4, -0.2) is 32.6 Å². The van der Waals surface area contributed by atoms with Crippen LogP contribution in [0.3, 0.4) is 0 Å². The number of rotatable bonds is 6. The zero-order chi connectivity index (χ0) is 18.5. The van der Waals surface area contributed by atoms with E-state index in [2.05, 4.69) is 15.3 Å². The molecular weight excluding hydrogens is 332 g/mol. The average Bonchev–Trinajstić information content (AvgIpc) is 2.63. The number of aromatic nitrogens is 2. The minimum Gasteiger partial charge on any atom is -0.508 e. The molecule has 0 aliphatic rings. The van der Waals surface area contributed by atoms with Gasteiger partial charge in [0.05, 0.1) is 5.69 Å². The summed E-state index contributed by atoms with van der Waals surface area (Å²) in [4.78, 5) is 19.3. The Kier molecular flexibility index (Phi) is 4.98. The molecule has 1 aromatic heterocycles. The Balaban J connectivity index is 1.74. The third-order valence-electron chi connectivity index (χ3n) is 3.81. The van der Waals surface area contributed by atoms with Crippen LogP contribution in [0.25, 0.3) is 11.3 Å². The van der Waals surface area contributed by atoms with Gasteiger partial charge < -0.3 is 21.3 Å². The standard InChI is InChI=1S/C19H18N4O3/c20-18(25)14-3-1-2-13(10-14)16-11-17(23-19(26)22-16)21-9-8-12-4-6-15(24)7-5-12/h1-7,10-11,24H,8-9H2,(H2,20,25)(H2,21,22,23,26). The highest BCUT2D eigenvalue weighted by Crippen LogP contribution is 2.23. The normalized spacial score (nSPS) is 10.5. The van der Waals surface area contributed by atoms with Crippen LogP contribution in [0.15, 0.2) is 54.6 Å². The second-order valence-corrected chi connectivity index (χ2v) is 5.73. The van der Waals surface area contributed by atoms with Gasteiger partial charge in [-0.05, 0) is 36.2 Å². The van der Waals surface area contributed by atoms with E-state index in [4.69, 9.17) is 5.73 Å². The van der Waals surface area contributed by atoms with E-state index in [0.29, 0.717) is 29.2 Å². The van der Waals surface area contributed by atoms with Crippen molar-refractivity contribution >= 4 is 11.7 Å². The Morgan fingerprint density at radius 2 is 1.81 bits per heavy atom. The van der Waals surface area contributed by atoms with Gasteiger partial charge in [-0.2, -0.15) is 9.97 Å². The van der Waals surface area contributed by atoms with Crippen LogP contribution in [-0.2, 0) is 6.42 Å². The molecule has 0 aliphatic heterocycles. The minimum atomic E-state index is -0.530. The van der Waals surface area contributed by atoms with E-state index in [1.165, 1.54) is 0 Å². The van der Waals surface area contributed by atoms with Gasteiger partial charge in [-0.1, -0.05) is 24.3 Å². The van der Waals surface area contributed by atoms with Crippen molar-refractivity contribution in [3.63, 3.8) is 0 Å². The number of benzene rings is 2. The second kappa shape index (κ2) is 7.52. The summed E-state index contributed by atoms with van der Waals surface area (Å²) in [5.74, 6) is 0.165. The molecule has 5 N–H and O–H groups in total. The molecule has 0 atom stereocenters. The molecule has 3 aromatic rings. The minimum absolute atomic E-state index is 0.227. The van der Waals surface area contributed by atoms with Crippen LogP contribution in [0.1, 0.15) is 15.9 Å². The van der Waals surface area contributed by atoms with Gasteiger partial charge in [-0.3, -0.25) is 4.79 Å². The molecule has 0 saturated heterocycles. The first-order valence-corrected chi connectivity index (χ1v) is 8.01. The Morgan fingerprint density at radius 1 is 1.04 bits per heavy atom. The molecule has 0 unspecified atom stereocenters. The lowest BCUT2D eigenvalue weighted by Crippen LogP contribution is -2.10. The summed E-state index contributed by atoms with van der Waals surface area (Å²) in [5, 5.41) is 22.2. The van der Waals surface area contributed by atoms with E-state index in [0.717, 1.165) is 12.0 Å². The summed E-state index contributed by atoms with van der Waals surface area (Å²) in [6.07, 6.45) is 0.720. The third kappa shape index (κ3) is 4.27. The summed E-state index contributed by atoms with van der Waals surface area (Å²) >= 11 is 0. The largest absolute Gasteiger partial charge is 0.508 e. The average molecular weight is 350 g/mol. The molecule has 1 heterocycles. The summed E-state index contributed by atoms with van der Waals surface area (Å²) in [7, 11) is 0. The summed E-state index contributed by atoms with van der Waals surface area (Å²) in [6.45, 7) is 0.585. The van der Waals surface area contributed by atoms with Crippen LogP contribution in [0.4, 0.5) is 5.82 Å². The fraction of sp³-hybridized carbons (Fsp3) is 0.105. The van der Waals surface area contributed by atoms with Gasteiger partial charge in [-0.25, -0.2) is 0 Å². The number of hydrogen-bond donors (Lipinski definition) is 4. The molecule has 0 saturated carbocycles. The van der Waals surface area contributed by atoms with Crippen LogP contribution < -0.4 is 11.1 Å². The molecule has 2 aromatic carbocycles. The van der Waals surface area contributed by atoms with E-state index in [1.807, 2.05) is 12.1 Å². The topological polar surface area (TPSA) is 121 Å². The number of aromatic hydroxyl groups is 2. The predicted octanol–water partition coefficient (Wildman–Crippen LogP) is 2.31. The van der Waals surface area contributed by atoms with Gasteiger partial charge in [-0.15, -0.1) is 0 Å². The summed E-state index contributed by atoms with van der Waals surface area (Å²) in [5.41, 5.74) is 7.86. The Bertz CT molecular complexity index is 926. The maximum atomic E-state index is 11.3. The van der Waals surface area contributed by atoms with Gasteiger partial charge >= 0.3 is 6.01 Å². The molecule has 0 bridgehead atoms. The Morgan fingerprint density at radius 3 is 2.54 bits per heavy atom. The van der Waals surface area contributed by atoms with Crippen LogP contribution in [0.2, 0.25) is 0 Å². The van der Waals surface area contributed by atoms with E-state index >= 15 is 0 Å². The smallest absolute Gasteiger partial charge is 0.316 e. The second-order valence-electron chi connectivity index (χ2n) is 5.73. The molecular formula is C19H18N4O3. The highest BCUT2D eigenvalue weighted by molar-refractivity contribution is 5.94. The number of primary amides is 1. The first kappa shape index (κ1) is 17.2. The molecule has 1 amide bonds. The Labute approximate surface area is 150 Å². The lowest BCUT2D eigenvalue weighted by molar-refractivity contribution is 0.100. The van der Waals surface area contributed by atoms with Crippen molar-refractivity contribution in [2.24, 2.45) is 5.73 Å². The van der Waals surface area contributed by atoms with Gasteiger partial charge in [0.2, 0.25) is 5.91 Å². The van der Waals surface area contributed by atoms with Gasteiger partial charge in [0.15, 0.2) is 0 Å². The highest BCUT2D eigenvalue weighted by atomic mass is 16.3. The van der Waals surface area contributed by atoms with E-state index in [-0.39, 0.29) is 11.8 Å². The molecule has 0 fully saturated rings. The zero-order valence-electron chi connectivity index (χ0n) is 13.9. The number of nitrogens with two attached hydrogens (primary N) is 1. The van der Waals surface area contributed by atoms with Crippen molar-refractivity contribution in [2.45, 2.75) is 6.42 Å². The number of nitrogens with zero attached hydrogens (tertiary/aromatic N) is 2. The van der Waals surface area contributed by atoms with Crippen LogP contribution in [0, 0.1) is 0 Å². The number of carbonyl (C=O) groups excluding carboxylic acids is 1. The zero-order valence-corrected chi connectivity index (χ0v) is 13.9. The van der Waals surface area contributed by atoms with Crippen molar-refractivity contribution in [1.29, 1.82) is 0 Å². The quantitative estimate of drug-likeness (QED) is 0.541. The molecule has 7 nitrogen and oxygen atoms in total. The maximum Gasteiger partial charge on any atom is 0.316 e. The van der Waals surface area contributed by atoms with E-state index in [9.17, 15) is 15.0 Å². The van der Waals surface area contributed by atoms with Crippen molar-refractivity contribution in [3.8, 4) is 23.0 Å². The molecule has 0 aliphatic carbocycles. The first-order valence-electron chi connectivity index (χ1n) is 8.01. The Hall–Kier alpha value is -3.61. The molecule has 132 valence electrons. The monoisotopic (exact) mass is 350 g/mol. The van der Waals surface area contributed by atoms with E-state index < -0.39 is 5.91 Å². The number of nitrogens with one attached hydrogen (secondary N) is 1. The summed E-state index contributed by atoms with van der Waals surface area (Å²) < 4.78 is 0. The number of phenolic OH excluding ortho intramolecular Hbond substituents is 1. The lowest BCUT2D eigenvalue weighted by Gasteiger charge is -2.09. The van der Waals surface area contributed by atoms with Gasteiger partial charge in [0.25, 0.3) is 0 Å². The number of hydrogen-bond acceptors (Lipinski definition) is 6. The maximum absolute atomic E-state index is 11.3. The van der Waals surface area contributed by atoms with Gasteiger partial charge in [0, 0.05) is 23.7 Å².